The van der Waals surface area contributed by atoms with E-state index in [0.29, 0.717) is 5.56 Å². The summed E-state index contributed by atoms with van der Waals surface area (Å²) in [6.07, 6.45) is 1.93. The summed E-state index contributed by atoms with van der Waals surface area (Å²) in [5.74, 6) is -1.68. The number of imide groups is 1. The summed E-state index contributed by atoms with van der Waals surface area (Å²) in [5, 5.41) is 5.17. The molecule has 6 nitrogen and oxygen atoms in total. The first-order valence-corrected chi connectivity index (χ1v) is 9.61. The van der Waals surface area contributed by atoms with Gasteiger partial charge in [-0.15, -0.1) is 0 Å². The van der Waals surface area contributed by atoms with E-state index in [-0.39, 0.29) is 10.7 Å². The third kappa shape index (κ3) is 4.24. The van der Waals surface area contributed by atoms with Gasteiger partial charge in [-0.25, -0.2) is 9.18 Å². The number of carbonyl (C=O) groups is 3. The Hall–Kier alpha value is -2.93. The van der Waals surface area contributed by atoms with Crippen molar-refractivity contribution in [1.82, 2.24) is 10.2 Å². The molecule has 1 aliphatic rings. The fourth-order valence-electron chi connectivity index (χ4n) is 3.25. The summed E-state index contributed by atoms with van der Waals surface area (Å²) in [5.41, 5.74) is 0.721. The van der Waals surface area contributed by atoms with Crippen LogP contribution in [0.15, 0.2) is 42.5 Å². The van der Waals surface area contributed by atoms with E-state index in [1.807, 2.05) is 24.3 Å². The number of rotatable bonds is 6. The lowest BCUT2D eigenvalue weighted by Crippen LogP contribution is -2.42. The first-order valence-electron chi connectivity index (χ1n) is 9.23. The van der Waals surface area contributed by atoms with Gasteiger partial charge in [-0.2, -0.15) is 0 Å². The molecule has 1 heterocycles. The molecule has 2 aromatic carbocycles. The van der Waals surface area contributed by atoms with Crippen LogP contribution < -0.4 is 10.6 Å². The second-order valence-electron chi connectivity index (χ2n) is 7.07. The van der Waals surface area contributed by atoms with Gasteiger partial charge in [0.05, 0.1) is 10.7 Å². The lowest BCUT2D eigenvalue weighted by atomic mass is 9.91. The monoisotopic (exact) mass is 417 g/mol. The molecule has 0 spiro atoms. The third-order valence-corrected chi connectivity index (χ3v) is 5.16. The van der Waals surface area contributed by atoms with Crippen molar-refractivity contribution in [1.29, 1.82) is 0 Å². The highest BCUT2D eigenvalue weighted by Gasteiger charge is 2.49. The number of aryl methyl sites for hydroxylation is 1. The van der Waals surface area contributed by atoms with Crippen molar-refractivity contribution in [2.75, 3.05) is 11.9 Å². The number of hydrogen-bond acceptors (Lipinski definition) is 3. The maximum absolute atomic E-state index is 13.1. The average molecular weight is 418 g/mol. The molecule has 0 unspecified atom stereocenters. The number of hydrogen-bond donors (Lipinski definition) is 2. The molecule has 1 fully saturated rings. The lowest BCUT2D eigenvalue weighted by molar-refractivity contribution is -0.133. The highest BCUT2D eigenvalue weighted by molar-refractivity contribution is 6.33. The molecular weight excluding hydrogens is 397 g/mol. The zero-order chi connectivity index (χ0) is 21.2. The van der Waals surface area contributed by atoms with Gasteiger partial charge < -0.3 is 10.6 Å². The molecule has 4 amide bonds. The van der Waals surface area contributed by atoms with Gasteiger partial charge in [0.15, 0.2) is 0 Å². The summed E-state index contributed by atoms with van der Waals surface area (Å²) < 4.78 is 13.1. The zero-order valence-electron chi connectivity index (χ0n) is 16.1. The fraction of sp³-hybridized carbons (Fsp3) is 0.286. The first kappa shape index (κ1) is 20.8. The summed E-state index contributed by atoms with van der Waals surface area (Å²) in [7, 11) is 0. The van der Waals surface area contributed by atoms with E-state index >= 15 is 0 Å². The van der Waals surface area contributed by atoms with Crippen LogP contribution in [0.5, 0.6) is 0 Å². The van der Waals surface area contributed by atoms with Crippen molar-refractivity contribution in [3.63, 3.8) is 0 Å². The summed E-state index contributed by atoms with van der Waals surface area (Å²) in [4.78, 5) is 38.5. The number of amides is 4. The van der Waals surface area contributed by atoms with Crippen LogP contribution in [0.4, 0.5) is 14.9 Å². The highest BCUT2D eigenvalue weighted by Crippen LogP contribution is 2.29. The van der Waals surface area contributed by atoms with Gasteiger partial charge in [0.1, 0.15) is 17.9 Å². The van der Waals surface area contributed by atoms with E-state index in [4.69, 9.17) is 11.6 Å². The van der Waals surface area contributed by atoms with Crippen LogP contribution in [-0.2, 0) is 21.5 Å². The SMILES string of the molecule is CCCc1ccc([C@]2(C)NC(=O)N(CC(=O)Nc3ccc(F)cc3Cl)C2=O)cc1. The van der Waals surface area contributed by atoms with Crippen molar-refractivity contribution in [3.8, 4) is 0 Å². The predicted molar refractivity (Wildman–Crippen MR) is 108 cm³/mol. The second kappa shape index (κ2) is 8.21. The van der Waals surface area contributed by atoms with Crippen LogP contribution in [0, 0.1) is 5.82 Å². The molecule has 152 valence electrons. The van der Waals surface area contributed by atoms with Gasteiger partial charge in [0.2, 0.25) is 5.91 Å². The Morgan fingerprint density at radius 2 is 1.90 bits per heavy atom. The molecule has 3 rings (SSSR count). The van der Waals surface area contributed by atoms with Crippen molar-refractivity contribution in [3.05, 3.63) is 64.4 Å². The highest BCUT2D eigenvalue weighted by atomic mass is 35.5. The molecule has 0 radical (unpaired) electrons. The molecule has 0 aromatic heterocycles. The molecule has 0 saturated carbocycles. The lowest BCUT2D eigenvalue weighted by Gasteiger charge is -2.22. The summed E-state index contributed by atoms with van der Waals surface area (Å²) in [6, 6.07) is 10.3. The van der Waals surface area contributed by atoms with Gasteiger partial charge in [0, 0.05) is 0 Å². The van der Waals surface area contributed by atoms with Gasteiger partial charge in [-0.3, -0.25) is 14.5 Å². The van der Waals surface area contributed by atoms with E-state index < -0.39 is 35.7 Å². The number of urea groups is 1. The summed E-state index contributed by atoms with van der Waals surface area (Å²) >= 11 is 5.89. The van der Waals surface area contributed by atoms with Crippen LogP contribution in [0.25, 0.3) is 0 Å². The molecule has 1 atom stereocenters. The average Bonchev–Trinajstić information content (AvgIpc) is 2.89. The van der Waals surface area contributed by atoms with Gasteiger partial charge >= 0.3 is 6.03 Å². The van der Waals surface area contributed by atoms with Gasteiger partial charge in [0.25, 0.3) is 5.91 Å². The van der Waals surface area contributed by atoms with E-state index in [0.717, 1.165) is 35.4 Å². The van der Waals surface area contributed by atoms with Gasteiger partial charge in [-0.05, 0) is 42.7 Å². The normalized spacial score (nSPS) is 18.7. The number of anilines is 1. The second-order valence-corrected chi connectivity index (χ2v) is 7.47. The molecule has 29 heavy (non-hydrogen) atoms. The minimum Gasteiger partial charge on any atom is -0.323 e. The fourth-order valence-corrected chi connectivity index (χ4v) is 3.47. The van der Waals surface area contributed by atoms with Crippen molar-refractivity contribution in [2.45, 2.75) is 32.2 Å². The minimum atomic E-state index is -1.25. The molecule has 1 aliphatic heterocycles. The summed E-state index contributed by atoms with van der Waals surface area (Å²) in [6.45, 7) is 3.21. The third-order valence-electron chi connectivity index (χ3n) is 4.85. The Morgan fingerprint density at radius 3 is 2.52 bits per heavy atom. The van der Waals surface area contributed by atoms with E-state index in [1.54, 1.807) is 6.92 Å². The van der Waals surface area contributed by atoms with Crippen LogP contribution >= 0.6 is 11.6 Å². The molecule has 2 N–H and O–H groups in total. The Morgan fingerprint density at radius 1 is 1.21 bits per heavy atom. The van der Waals surface area contributed by atoms with E-state index in [9.17, 15) is 18.8 Å². The Balaban J connectivity index is 1.73. The number of benzene rings is 2. The number of halogens is 2. The molecule has 0 bridgehead atoms. The first-order chi connectivity index (χ1) is 13.7. The molecule has 1 saturated heterocycles. The Labute approximate surface area is 173 Å². The van der Waals surface area contributed by atoms with Crippen LogP contribution in [0.3, 0.4) is 0 Å². The quantitative estimate of drug-likeness (QED) is 0.701. The van der Waals surface area contributed by atoms with Crippen LogP contribution in [0.2, 0.25) is 5.02 Å². The smallest absolute Gasteiger partial charge is 0.323 e. The zero-order valence-corrected chi connectivity index (χ0v) is 16.8. The van der Waals surface area contributed by atoms with Crippen LogP contribution in [-0.4, -0.2) is 29.3 Å². The molecular formula is C21H21ClFN3O3. The maximum atomic E-state index is 13.1. The van der Waals surface area contributed by atoms with Crippen molar-refractivity contribution >= 4 is 35.1 Å². The van der Waals surface area contributed by atoms with Crippen molar-refractivity contribution < 1.29 is 18.8 Å². The maximum Gasteiger partial charge on any atom is 0.325 e. The standard InChI is InChI=1S/C21H21ClFN3O3/c1-3-4-13-5-7-14(8-6-13)21(2)19(28)26(20(29)25-21)12-18(27)24-17-10-9-15(23)11-16(17)22/h5-11H,3-4,12H2,1-2H3,(H,24,27)(H,25,29)/t21-/m0/s1. The van der Waals surface area contributed by atoms with E-state index in [1.165, 1.54) is 6.07 Å². The topological polar surface area (TPSA) is 78.5 Å². The molecule has 0 aliphatic carbocycles. The Kier molecular flexibility index (Phi) is 5.88. The van der Waals surface area contributed by atoms with Gasteiger partial charge in [-0.1, -0.05) is 49.2 Å². The minimum absolute atomic E-state index is 0.0209. The largest absolute Gasteiger partial charge is 0.325 e. The predicted octanol–water partition coefficient (Wildman–Crippen LogP) is 3.84. The molecule has 8 heteroatoms. The number of carbonyl (C=O) groups excluding carboxylic acids is 3. The number of nitrogens with one attached hydrogen (secondary N) is 2. The Bertz CT molecular complexity index is 964. The van der Waals surface area contributed by atoms with Crippen molar-refractivity contribution in [2.24, 2.45) is 0 Å². The van der Waals surface area contributed by atoms with Crippen LogP contribution in [0.1, 0.15) is 31.4 Å². The number of nitrogens with zero attached hydrogens (tertiary/aromatic N) is 1. The van der Waals surface area contributed by atoms with E-state index in [2.05, 4.69) is 17.6 Å². The molecule has 2 aromatic rings.